The van der Waals surface area contributed by atoms with Crippen LogP contribution >= 0.6 is 11.5 Å². The summed E-state index contributed by atoms with van der Waals surface area (Å²) in [6.45, 7) is 1.82. The molecule has 1 aliphatic rings. The lowest BCUT2D eigenvalue weighted by atomic mass is 10.1. The maximum Gasteiger partial charge on any atom is 0.274 e. The van der Waals surface area contributed by atoms with Gasteiger partial charge in [-0.3, -0.25) is 4.79 Å². The first kappa shape index (κ1) is 22.1. The quantitative estimate of drug-likeness (QED) is 0.572. The van der Waals surface area contributed by atoms with Crippen LogP contribution < -0.4 is 20.1 Å². The average Bonchev–Trinajstić information content (AvgIpc) is 3.05. The van der Waals surface area contributed by atoms with Crippen molar-refractivity contribution in [3.8, 4) is 22.1 Å². The van der Waals surface area contributed by atoms with Crippen molar-refractivity contribution in [2.24, 2.45) is 0 Å². The van der Waals surface area contributed by atoms with Crippen LogP contribution in [-0.4, -0.2) is 41.6 Å². The van der Waals surface area contributed by atoms with Gasteiger partial charge in [0.1, 0.15) is 40.6 Å². The van der Waals surface area contributed by atoms with Crippen molar-refractivity contribution in [1.82, 2.24) is 14.7 Å². The average molecular weight is 461 g/mol. The zero-order valence-corrected chi connectivity index (χ0v) is 18.2. The molecule has 1 aromatic carbocycles. The van der Waals surface area contributed by atoms with Crippen LogP contribution in [0.5, 0.6) is 10.8 Å². The topological polar surface area (TPSA) is 85.4 Å². The van der Waals surface area contributed by atoms with E-state index in [1.54, 1.807) is 0 Å². The van der Waals surface area contributed by atoms with Crippen molar-refractivity contribution < 1.29 is 23.0 Å². The Morgan fingerprint density at radius 1 is 1.19 bits per heavy atom. The number of ether oxygens (including phenoxy) is 2. The normalized spacial score (nSPS) is 16.3. The van der Waals surface area contributed by atoms with E-state index in [9.17, 15) is 13.6 Å². The molecule has 0 radical (unpaired) electrons. The van der Waals surface area contributed by atoms with E-state index in [2.05, 4.69) is 20.0 Å². The molecule has 2 N–H and O–H groups in total. The van der Waals surface area contributed by atoms with Gasteiger partial charge in [0.15, 0.2) is 0 Å². The van der Waals surface area contributed by atoms with Crippen LogP contribution in [0.25, 0.3) is 11.3 Å². The standard InChI is InChI=1S/C22H22F2N4O3S/c1-30-18-6-2-5-14(23)19(18)20-15(24)7-8-16(27-20)21(29)28-17-12-26-32-22(17)31-13-4-3-10-25-11-9-13/h2,5-8,12-13,25H,3-4,9-11H2,1H3,(H,28,29). The first-order valence-electron chi connectivity index (χ1n) is 10.2. The van der Waals surface area contributed by atoms with Gasteiger partial charge < -0.3 is 20.1 Å². The first-order chi connectivity index (χ1) is 15.6. The third kappa shape index (κ3) is 4.86. The van der Waals surface area contributed by atoms with E-state index >= 15 is 0 Å². The molecule has 3 aromatic rings. The van der Waals surface area contributed by atoms with Gasteiger partial charge in [0, 0.05) is 11.5 Å². The third-order valence-electron chi connectivity index (χ3n) is 5.09. The Bertz CT molecular complexity index is 1100. The molecule has 4 rings (SSSR count). The fourth-order valence-electron chi connectivity index (χ4n) is 3.49. The Hall–Kier alpha value is -3.11. The minimum atomic E-state index is -0.770. The summed E-state index contributed by atoms with van der Waals surface area (Å²) < 4.78 is 44.2. The highest BCUT2D eigenvalue weighted by atomic mass is 32.1. The van der Waals surface area contributed by atoms with Gasteiger partial charge in [0.25, 0.3) is 5.91 Å². The molecule has 0 spiro atoms. The Balaban J connectivity index is 1.56. The van der Waals surface area contributed by atoms with Crippen molar-refractivity contribution in [3.63, 3.8) is 0 Å². The molecule has 0 bridgehead atoms. The van der Waals surface area contributed by atoms with Crippen molar-refractivity contribution in [3.05, 3.63) is 53.9 Å². The van der Waals surface area contributed by atoms with Gasteiger partial charge in [-0.15, -0.1) is 0 Å². The van der Waals surface area contributed by atoms with Crippen LogP contribution in [-0.2, 0) is 0 Å². The van der Waals surface area contributed by atoms with Crippen LogP contribution in [0.15, 0.2) is 36.5 Å². The van der Waals surface area contributed by atoms with Crippen LogP contribution in [0.2, 0.25) is 0 Å². The van der Waals surface area contributed by atoms with Gasteiger partial charge in [0.05, 0.1) is 18.9 Å². The summed E-state index contributed by atoms with van der Waals surface area (Å²) >= 11 is 1.14. The molecule has 1 unspecified atom stereocenters. The number of halogens is 2. The highest BCUT2D eigenvalue weighted by Crippen LogP contribution is 2.34. The number of nitrogens with one attached hydrogen (secondary N) is 2. The molecule has 1 amide bonds. The number of hydrogen-bond donors (Lipinski definition) is 2. The minimum Gasteiger partial charge on any atom is -0.496 e. The van der Waals surface area contributed by atoms with Crippen molar-refractivity contribution >= 4 is 23.1 Å². The van der Waals surface area contributed by atoms with Gasteiger partial charge in [-0.1, -0.05) is 6.07 Å². The molecular formula is C22H22F2N4O3S. The lowest BCUT2D eigenvalue weighted by molar-refractivity contribution is 0.102. The summed E-state index contributed by atoms with van der Waals surface area (Å²) in [7, 11) is 1.35. The number of carbonyl (C=O) groups is 1. The van der Waals surface area contributed by atoms with E-state index in [4.69, 9.17) is 9.47 Å². The summed E-state index contributed by atoms with van der Waals surface area (Å²) in [6, 6.07) is 6.43. The Morgan fingerprint density at radius 3 is 2.91 bits per heavy atom. The highest BCUT2D eigenvalue weighted by molar-refractivity contribution is 7.08. The largest absolute Gasteiger partial charge is 0.496 e. The highest BCUT2D eigenvalue weighted by Gasteiger charge is 2.22. The molecule has 0 saturated carbocycles. The van der Waals surface area contributed by atoms with Gasteiger partial charge in [0.2, 0.25) is 5.06 Å². The van der Waals surface area contributed by atoms with Crippen LogP contribution in [0, 0.1) is 11.6 Å². The van der Waals surface area contributed by atoms with Crippen molar-refractivity contribution in [2.75, 3.05) is 25.5 Å². The zero-order valence-electron chi connectivity index (χ0n) is 17.4. The molecule has 10 heteroatoms. The van der Waals surface area contributed by atoms with Crippen LogP contribution in [0.3, 0.4) is 0 Å². The van der Waals surface area contributed by atoms with E-state index < -0.39 is 17.5 Å². The molecule has 7 nitrogen and oxygen atoms in total. The summed E-state index contributed by atoms with van der Waals surface area (Å²) in [6.07, 6.45) is 4.30. The predicted molar refractivity (Wildman–Crippen MR) is 117 cm³/mol. The number of methoxy groups -OCH3 is 1. The summed E-state index contributed by atoms with van der Waals surface area (Å²) in [5.74, 6) is -1.95. The third-order valence-corrected chi connectivity index (χ3v) is 5.79. The predicted octanol–water partition coefficient (Wildman–Crippen LogP) is 4.27. The molecular weight excluding hydrogens is 438 g/mol. The number of aromatic nitrogens is 2. The number of amides is 1. The summed E-state index contributed by atoms with van der Waals surface area (Å²) in [5, 5.41) is 6.54. The lowest BCUT2D eigenvalue weighted by Gasteiger charge is -2.16. The fourth-order valence-corrected chi connectivity index (χ4v) is 4.12. The Morgan fingerprint density at radius 2 is 2.06 bits per heavy atom. The summed E-state index contributed by atoms with van der Waals surface area (Å²) in [4.78, 5) is 16.9. The number of pyridine rings is 1. The molecule has 32 heavy (non-hydrogen) atoms. The monoisotopic (exact) mass is 460 g/mol. The fraction of sp³-hybridized carbons (Fsp3) is 0.318. The zero-order chi connectivity index (χ0) is 22.5. The smallest absolute Gasteiger partial charge is 0.274 e. The number of carbonyl (C=O) groups excluding carboxylic acids is 1. The number of anilines is 1. The summed E-state index contributed by atoms with van der Waals surface area (Å²) in [5.41, 5.74) is -0.125. The maximum absolute atomic E-state index is 14.5. The molecule has 1 atom stereocenters. The van der Waals surface area contributed by atoms with Gasteiger partial charge in [-0.25, -0.2) is 13.8 Å². The maximum atomic E-state index is 14.5. The Labute approximate surface area is 187 Å². The number of rotatable bonds is 6. The van der Waals surface area contributed by atoms with Gasteiger partial charge >= 0.3 is 0 Å². The van der Waals surface area contributed by atoms with Crippen LogP contribution in [0.4, 0.5) is 14.5 Å². The molecule has 2 aromatic heterocycles. The van der Waals surface area contributed by atoms with E-state index in [-0.39, 0.29) is 28.8 Å². The molecule has 3 heterocycles. The van der Waals surface area contributed by atoms with E-state index in [1.807, 2.05) is 0 Å². The number of benzene rings is 1. The second kappa shape index (κ2) is 10.0. The first-order valence-corrected chi connectivity index (χ1v) is 11.0. The molecule has 1 aliphatic heterocycles. The molecule has 1 fully saturated rings. The number of nitrogens with zero attached hydrogens (tertiary/aromatic N) is 2. The van der Waals surface area contributed by atoms with E-state index in [0.717, 1.165) is 50.0 Å². The van der Waals surface area contributed by atoms with E-state index in [1.165, 1.54) is 37.6 Å². The van der Waals surface area contributed by atoms with Crippen LogP contribution in [0.1, 0.15) is 29.8 Å². The molecule has 1 saturated heterocycles. The molecule has 168 valence electrons. The van der Waals surface area contributed by atoms with E-state index in [0.29, 0.717) is 10.8 Å². The van der Waals surface area contributed by atoms with Gasteiger partial charge in [-0.2, -0.15) is 4.37 Å². The lowest BCUT2D eigenvalue weighted by Crippen LogP contribution is -2.20. The number of hydrogen-bond acceptors (Lipinski definition) is 7. The second-order valence-electron chi connectivity index (χ2n) is 7.25. The Kier molecular flexibility index (Phi) is 6.91. The molecule has 0 aliphatic carbocycles. The van der Waals surface area contributed by atoms with Crippen molar-refractivity contribution in [1.29, 1.82) is 0 Å². The second-order valence-corrected chi connectivity index (χ2v) is 8.01. The minimum absolute atomic E-state index is 0.0326. The van der Waals surface area contributed by atoms with Crippen molar-refractivity contribution in [2.45, 2.75) is 25.4 Å². The van der Waals surface area contributed by atoms with Gasteiger partial charge in [-0.05, 0) is 56.6 Å². The SMILES string of the molecule is COc1cccc(F)c1-c1nc(C(=O)Nc2cnsc2OC2CCCNCC2)ccc1F.